The second kappa shape index (κ2) is 8.40. The number of urea groups is 1. The van der Waals surface area contributed by atoms with Crippen LogP contribution in [0.25, 0.3) is 0 Å². The van der Waals surface area contributed by atoms with Gasteiger partial charge in [0.05, 0.1) is 6.04 Å². The number of nitrogens with one attached hydrogen (secondary N) is 2. The molecule has 1 saturated carbocycles. The van der Waals surface area contributed by atoms with Crippen molar-refractivity contribution in [3.05, 3.63) is 23.8 Å². The summed E-state index contributed by atoms with van der Waals surface area (Å²) < 4.78 is 11.2. The van der Waals surface area contributed by atoms with Gasteiger partial charge in [0, 0.05) is 0 Å². The minimum Gasteiger partial charge on any atom is -0.486 e. The van der Waals surface area contributed by atoms with Crippen LogP contribution in [0.2, 0.25) is 0 Å². The van der Waals surface area contributed by atoms with E-state index in [1.165, 1.54) is 0 Å². The molecule has 0 bridgehead atoms. The molecule has 168 valence electrons. The number of benzene rings is 1. The fraction of sp³-hybridized carbons (Fsp3) is 0.609. The molecule has 1 unspecified atom stereocenters. The number of hydrogen-bond acceptors (Lipinski definition) is 5. The van der Waals surface area contributed by atoms with Crippen molar-refractivity contribution < 1.29 is 23.9 Å². The first-order chi connectivity index (χ1) is 14.8. The van der Waals surface area contributed by atoms with Gasteiger partial charge in [0.25, 0.3) is 5.91 Å². The fourth-order valence-electron chi connectivity index (χ4n) is 4.66. The Morgan fingerprint density at radius 3 is 2.55 bits per heavy atom. The molecule has 0 aromatic heterocycles. The molecular weight excluding hydrogens is 398 g/mol. The number of imide groups is 1. The number of carbonyl (C=O) groups is 3. The number of amides is 4. The van der Waals surface area contributed by atoms with Crippen LogP contribution in [0.4, 0.5) is 4.79 Å². The van der Waals surface area contributed by atoms with Crippen molar-refractivity contribution in [2.24, 2.45) is 11.8 Å². The molecule has 2 aliphatic heterocycles. The highest BCUT2D eigenvalue weighted by Crippen LogP contribution is 2.37. The van der Waals surface area contributed by atoms with E-state index in [9.17, 15) is 14.4 Å². The summed E-state index contributed by atoms with van der Waals surface area (Å²) >= 11 is 0. The maximum atomic E-state index is 13.0. The molecule has 2 N–H and O–H groups in total. The van der Waals surface area contributed by atoms with Gasteiger partial charge >= 0.3 is 6.03 Å². The Labute approximate surface area is 182 Å². The van der Waals surface area contributed by atoms with E-state index in [4.69, 9.17) is 9.47 Å². The van der Waals surface area contributed by atoms with Crippen LogP contribution >= 0.6 is 0 Å². The SMILES string of the molecule is CC1CCC2(CC1)NC(=O)N(CC(=O)NC(c1ccc3c(c1)OCCO3)C(C)C)C2=O. The Kier molecular flexibility index (Phi) is 5.81. The smallest absolute Gasteiger partial charge is 0.325 e. The van der Waals surface area contributed by atoms with Crippen LogP contribution in [0, 0.1) is 11.8 Å². The van der Waals surface area contributed by atoms with Crippen LogP contribution in [0.3, 0.4) is 0 Å². The second-order valence-corrected chi connectivity index (χ2v) is 9.28. The highest BCUT2D eigenvalue weighted by atomic mass is 16.6. The first-order valence-electron chi connectivity index (χ1n) is 11.1. The van der Waals surface area contributed by atoms with E-state index >= 15 is 0 Å². The molecule has 31 heavy (non-hydrogen) atoms. The van der Waals surface area contributed by atoms with Gasteiger partial charge < -0.3 is 20.1 Å². The molecule has 2 heterocycles. The van der Waals surface area contributed by atoms with Gasteiger partial charge in [-0.3, -0.25) is 14.5 Å². The summed E-state index contributed by atoms with van der Waals surface area (Å²) in [6, 6.07) is 4.87. The molecule has 0 radical (unpaired) electrons. The predicted molar refractivity (Wildman–Crippen MR) is 114 cm³/mol. The van der Waals surface area contributed by atoms with Crippen LogP contribution in [0.5, 0.6) is 11.5 Å². The third-order valence-corrected chi connectivity index (χ3v) is 6.58. The van der Waals surface area contributed by atoms with Crippen molar-refractivity contribution in [2.45, 2.75) is 58.0 Å². The molecule has 1 saturated heterocycles. The zero-order valence-electron chi connectivity index (χ0n) is 18.4. The largest absolute Gasteiger partial charge is 0.486 e. The van der Waals surface area contributed by atoms with E-state index in [1.54, 1.807) is 0 Å². The lowest BCUT2D eigenvalue weighted by Gasteiger charge is -2.33. The van der Waals surface area contributed by atoms with Crippen LogP contribution in [-0.4, -0.2) is 48.0 Å². The third kappa shape index (κ3) is 4.20. The summed E-state index contributed by atoms with van der Waals surface area (Å²) in [6.45, 7) is 6.89. The molecule has 4 amide bonds. The van der Waals surface area contributed by atoms with Crippen molar-refractivity contribution in [2.75, 3.05) is 19.8 Å². The number of carbonyl (C=O) groups excluding carboxylic acids is 3. The molecule has 4 rings (SSSR count). The highest BCUT2D eigenvalue weighted by molar-refractivity contribution is 6.09. The fourth-order valence-corrected chi connectivity index (χ4v) is 4.66. The van der Waals surface area contributed by atoms with E-state index in [-0.39, 0.29) is 30.3 Å². The van der Waals surface area contributed by atoms with Gasteiger partial charge in [-0.05, 0) is 55.2 Å². The summed E-state index contributed by atoms with van der Waals surface area (Å²) in [5.41, 5.74) is 0.0551. The number of fused-ring (bicyclic) bond motifs is 1. The molecule has 8 heteroatoms. The topological polar surface area (TPSA) is 97.0 Å². The zero-order chi connectivity index (χ0) is 22.2. The summed E-state index contributed by atoms with van der Waals surface area (Å²) in [6.07, 6.45) is 3.04. The van der Waals surface area contributed by atoms with E-state index in [1.807, 2.05) is 32.0 Å². The Morgan fingerprint density at radius 2 is 1.87 bits per heavy atom. The monoisotopic (exact) mass is 429 g/mol. The summed E-state index contributed by atoms with van der Waals surface area (Å²) in [4.78, 5) is 39.4. The van der Waals surface area contributed by atoms with E-state index < -0.39 is 11.6 Å². The highest BCUT2D eigenvalue weighted by Gasteiger charge is 2.52. The molecular formula is C23H31N3O5. The maximum absolute atomic E-state index is 13.0. The minimum absolute atomic E-state index is 0.0980. The summed E-state index contributed by atoms with van der Waals surface area (Å²) in [7, 11) is 0. The van der Waals surface area contributed by atoms with Crippen molar-refractivity contribution >= 4 is 17.8 Å². The first kappa shape index (κ1) is 21.5. The van der Waals surface area contributed by atoms with Crippen molar-refractivity contribution in [3.63, 3.8) is 0 Å². The quantitative estimate of drug-likeness (QED) is 0.702. The van der Waals surface area contributed by atoms with E-state index in [2.05, 4.69) is 17.6 Å². The van der Waals surface area contributed by atoms with Gasteiger partial charge in [-0.25, -0.2) is 4.79 Å². The Hall–Kier alpha value is -2.77. The summed E-state index contributed by atoms with van der Waals surface area (Å²) in [5.74, 6) is 1.35. The van der Waals surface area contributed by atoms with Crippen molar-refractivity contribution in [1.82, 2.24) is 15.5 Å². The van der Waals surface area contributed by atoms with Crippen LogP contribution in [-0.2, 0) is 9.59 Å². The van der Waals surface area contributed by atoms with E-state index in [0.717, 1.165) is 23.3 Å². The maximum Gasteiger partial charge on any atom is 0.325 e. The molecule has 8 nitrogen and oxygen atoms in total. The van der Waals surface area contributed by atoms with Gasteiger partial charge in [-0.2, -0.15) is 0 Å². The molecule has 1 spiro atoms. The number of ether oxygens (including phenoxy) is 2. The Morgan fingerprint density at radius 1 is 1.19 bits per heavy atom. The summed E-state index contributed by atoms with van der Waals surface area (Å²) in [5, 5.41) is 5.86. The van der Waals surface area contributed by atoms with Crippen LogP contribution in [0.15, 0.2) is 18.2 Å². The molecule has 1 aliphatic carbocycles. The van der Waals surface area contributed by atoms with Crippen LogP contribution < -0.4 is 20.1 Å². The molecule has 1 atom stereocenters. The number of nitrogens with zero attached hydrogens (tertiary/aromatic N) is 1. The Bertz CT molecular complexity index is 876. The number of rotatable bonds is 5. The van der Waals surface area contributed by atoms with Gasteiger partial charge in [0.2, 0.25) is 5.91 Å². The van der Waals surface area contributed by atoms with Crippen molar-refractivity contribution in [3.8, 4) is 11.5 Å². The first-order valence-corrected chi connectivity index (χ1v) is 11.1. The second-order valence-electron chi connectivity index (χ2n) is 9.28. The average molecular weight is 430 g/mol. The normalized spacial score (nSPS) is 26.2. The molecule has 3 aliphatic rings. The standard InChI is InChI=1S/C23H31N3O5/c1-14(2)20(16-4-5-17-18(12-16)31-11-10-30-17)24-19(27)13-26-21(28)23(25-22(26)29)8-6-15(3)7-9-23/h4-5,12,14-15,20H,6-11,13H2,1-3H3,(H,24,27)(H,25,29). The third-order valence-electron chi connectivity index (χ3n) is 6.58. The number of hydrogen-bond donors (Lipinski definition) is 2. The van der Waals surface area contributed by atoms with Gasteiger partial charge in [0.15, 0.2) is 11.5 Å². The lowest BCUT2D eigenvalue weighted by atomic mass is 9.77. The zero-order valence-corrected chi connectivity index (χ0v) is 18.4. The predicted octanol–water partition coefficient (Wildman–Crippen LogP) is 2.77. The molecule has 1 aromatic carbocycles. The molecule has 1 aromatic rings. The lowest BCUT2D eigenvalue weighted by molar-refractivity contribution is -0.136. The van der Waals surface area contributed by atoms with Crippen molar-refractivity contribution in [1.29, 1.82) is 0 Å². The van der Waals surface area contributed by atoms with E-state index in [0.29, 0.717) is 43.5 Å². The van der Waals surface area contributed by atoms with Gasteiger partial charge in [0.1, 0.15) is 25.3 Å². The van der Waals surface area contributed by atoms with Gasteiger partial charge in [-0.15, -0.1) is 0 Å². The molecule has 2 fully saturated rings. The lowest BCUT2D eigenvalue weighted by Crippen LogP contribution is -2.50. The van der Waals surface area contributed by atoms with Crippen LogP contribution in [0.1, 0.15) is 58.1 Å². The average Bonchev–Trinajstić information content (AvgIpc) is 2.98. The Balaban J connectivity index is 1.44. The minimum atomic E-state index is -0.836. The van der Waals surface area contributed by atoms with Gasteiger partial charge in [-0.1, -0.05) is 26.8 Å².